The second-order valence-electron chi connectivity index (χ2n) is 6.36. The summed E-state index contributed by atoms with van der Waals surface area (Å²) in [5.41, 5.74) is 0. The van der Waals surface area contributed by atoms with Crippen LogP contribution in [-0.2, 0) is 26.2 Å². The maximum Gasteiger partial charge on any atom is 4.00 e. The first-order valence-electron chi connectivity index (χ1n) is 8.71. The summed E-state index contributed by atoms with van der Waals surface area (Å²) in [5, 5.41) is 0. The monoisotopic (exact) mass is 458 g/mol. The minimum Gasteiger partial charge on any atom is -1.00 e. The van der Waals surface area contributed by atoms with E-state index in [1.807, 2.05) is 0 Å². The third kappa shape index (κ3) is 8.84. The van der Waals surface area contributed by atoms with Gasteiger partial charge in [0.1, 0.15) is 0 Å². The average Bonchev–Trinajstić information content (AvgIpc) is 3.17. The normalized spacial score (nSPS) is 30.1. The molecular formula is C20H30Cl2SiZr. The molecule has 2 fully saturated rings. The molecule has 0 aromatic carbocycles. The maximum absolute atomic E-state index is 2.42. The van der Waals surface area contributed by atoms with Crippen molar-refractivity contribution in [3.8, 4) is 0 Å². The Morgan fingerprint density at radius 1 is 0.708 bits per heavy atom. The SMILES string of the molecule is C1=CC2[CH-]CCC2C=C1.C1=CC2[CH-]CCC2C=C1.C[SiH2]C.[Cl-].[Cl-].[Zr+4]. The van der Waals surface area contributed by atoms with Gasteiger partial charge in [0.05, 0.1) is 0 Å². The summed E-state index contributed by atoms with van der Waals surface area (Å²) in [4.78, 5) is 0. The van der Waals surface area contributed by atoms with Crippen molar-refractivity contribution in [3.05, 3.63) is 61.4 Å². The van der Waals surface area contributed by atoms with Crippen LogP contribution in [0.25, 0.3) is 0 Å². The molecule has 0 nitrogen and oxygen atoms in total. The molecule has 24 heavy (non-hydrogen) atoms. The van der Waals surface area contributed by atoms with E-state index in [2.05, 4.69) is 74.5 Å². The molecule has 4 atom stereocenters. The van der Waals surface area contributed by atoms with Crippen molar-refractivity contribution in [1.29, 1.82) is 0 Å². The molecular weight excluding hydrogens is 430 g/mol. The zero-order valence-corrected chi connectivity index (χ0v) is 20.3. The Hall–Kier alpha value is 0.640. The van der Waals surface area contributed by atoms with Crippen LogP contribution >= 0.6 is 0 Å². The summed E-state index contributed by atoms with van der Waals surface area (Å²) in [6.45, 7) is 4.53. The van der Waals surface area contributed by atoms with Gasteiger partial charge in [0, 0.05) is 9.52 Å². The third-order valence-electron chi connectivity index (χ3n) is 4.47. The number of rotatable bonds is 0. The molecule has 0 amide bonds. The molecule has 0 saturated heterocycles. The van der Waals surface area contributed by atoms with Crippen LogP contribution < -0.4 is 24.8 Å². The van der Waals surface area contributed by atoms with Gasteiger partial charge < -0.3 is 37.7 Å². The summed E-state index contributed by atoms with van der Waals surface area (Å²) in [7, 11) is 0.417. The molecule has 4 unspecified atom stereocenters. The van der Waals surface area contributed by atoms with Crippen molar-refractivity contribution < 1.29 is 51.0 Å². The van der Waals surface area contributed by atoms with Crippen molar-refractivity contribution >= 4 is 9.52 Å². The van der Waals surface area contributed by atoms with E-state index in [9.17, 15) is 0 Å². The first-order chi connectivity index (χ1) is 10.3. The first-order valence-corrected chi connectivity index (χ1v) is 11.5. The van der Waals surface area contributed by atoms with E-state index >= 15 is 0 Å². The van der Waals surface area contributed by atoms with Gasteiger partial charge in [-0.15, -0.1) is 24.0 Å². The Balaban J connectivity index is 0. The molecule has 0 bridgehead atoms. The molecule has 0 aliphatic heterocycles. The summed E-state index contributed by atoms with van der Waals surface area (Å²) in [6, 6.07) is 0. The molecule has 0 radical (unpaired) electrons. The zero-order valence-electron chi connectivity index (χ0n) is 14.9. The predicted octanol–water partition coefficient (Wildman–Crippen LogP) is -1.06. The van der Waals surface area contributed by atoms with Gasteiger partial charge in [0.15, 0.2) is 0 Å². The molecule has 0 N–H and O–H groups in total. The summed E-state index contributed by atoms with van der Waals surface area (Å²) >= 11 is 0. The molecule has 2 saturated carbocycles. The number of hydrogen-bond acceptors (Lipinski definition) is 0. The minimum absolute atomic E-state index is 0. The van der Waals surface area contributed by atoms with Gasteiger partial charge >= 0.3 is 26.2 Å². The Morgan fingerprint density at radius 2 is 1.04 bits per heavy atom. The minimum atomic E-state index is 0. The first kappa shape index (κ1) is 26.9. The smallest absolute Gasteiger partial charge is 1.00 e. The number of fused-ring (bicyclic) bond motifs is 2. The number of halogens is 2. The van der Waals surface area contributed by atoms with Crippen molar-refractivity contribution in [1.82, 2.24) is 0 Å². The fraction of sp³-hybridized carbons (Fsp3) is 0.500. The van der Waals surface area contributed by atoms with Crippen molar-refractivity contribution in [3.63, 3.8) is 0 Å². The Labute approximate surface area is 183 Å². The second kappa shape index (κ2) is 15.9. The van der Waals surface area contributed by atoms with Crippen molar-refractivity contribution in [2.45, 2.75) is 38.8 Å². The van der Waals surface area contributed by atoms with Crippen LogP contribution in [-0.4, -0.2) is 9.52 Å². The topological polar surface area (TPSA) is 0 Å². The quantitative estimate of drug-likeness (QED) is 0.320. The van der Waals surface area contributed by atoms with Crippen LogP contribution in [0.15, 0.2) is 48.6 Å². The second-order valence-corrected chi connectivity index (χ2v) is 7.77. The molecule has 0 aromatic rings. The summed E-state index contributed by atoms with van der Waals surface area (Å²) < 4.78 is 0. The van der Waals surface area contributed by atoms with E-state index in [4.69, 9.17) is 0 Å². The summed E-state index contributed by atoms with van der Waals surface area (Å²) in [5.74, 6) is 3.23. The standard InChI is InChI=1S/2C9H11.C2H8Si.2ClH.Zr/c2*1-2-5-9-7-3-6-8(9)4-1;1-3-2;;;/h2*1-2,4-6,8-9H,3,7H2;3H2,1-2H3;2*1H;/q2*-1;;;;+4/p-2. The van der Waals surface area contributed by atoms with Crippen LogP contribution in [0, 0.1) is 36.5 Å². The van der Waals surface area contributed by atoms with Crippen molar-refractivity contribution in [2.75, 3.05) is 0 Å². The third-order valence-corrected chi connectivity index (χ3v) is 4.47. The van der Waals surface area contributed by atoms with E-state index in [1.165, 1.54) is 25.7 Å². The molecule has 4 aliphatic rings. The van der Waals surface area contributed by atoms with Crippen LogP contribution in [0.2, 0.25) is 13.1 Å². The Kier molecular flexibility index (Phi) is 17.8. The van der Waals surface area contributed by atoms with E-state index in [1.54, 1.807) is 0 Å². The van der Waals surface area contributed by atoms with Gasteiger partial charge in [-0.05, 0) is 11.8 Å². The number of allylic oxidation sites excluding steroid dienone is 8. The van der Waals surface area contributed by atoms with E-state index < -0.39 is 0 Å². The molecule has 4 heteroatoms. The molecule has 132 valence electrons. The van der Waals surface area contributed by atoms with Crippen LogP contribution in [0.4, 0.5) is 0 Å². The molecule has 0 spiro atoms. The van der Waals surface area contributed by atoms with E-state index in [-0.39, 0.29) is 51.0 Å². The van der Waals surface area contributed by atoms with Gasteiger partial charge in [0.25, 0.3) is 0 Å². The van der Waals surface area contributed by atoms with Gasteiger partial charge in [-0.1, -0.05) is 62.4 Å². The predicted molar refractivity (Wildman–Crippen MR) is 97.9 cm³/mol. The molecule has 0 heterocycles. The Bertz CT molecular complexity index is 344. The fourth-order valence-electron chi connectivity index (χ4n) is 3.39. The van der Waals surface area contributed by atoms with E-state index in [0.717, 1.165) is 23.7 Å². The van der Waals surface area contributed by atoms with Crippen LogP contribution in [0.1, 0.15) is 25.7 Å². The van der Waals surface area contributed by atoms with Crippen LogP contribution in [0.3, 0.4) is 0 Å². The van der Waals surface area contributed by atoms with Crippen molar-refractivity contribution in [2.24, 2.45) is 23.7 Å². The Morgan fingerprint density at radius 3 is 1.38 bits per heavy atom. The van der Waals surface area contributed by atoms with Gasteiger partial charge in [-0.25, -0.2) is 0 Å². The molecule has 4 aliphatic carbocycles. The van der Waals surface area contributed by atoms with E-state index in [0.29, 0.717) is 9.52 Å². The molecule has 0 aromatic heterocycles. The maximum atomic E-state index is 2.42. The van der Waals surface area contributed by atoms with Gasteiger partial charge in [0.2, 0.25) is 0 Å². The number of hydrogen-bond donors (Lipinski definition) is 0. The van der Waals surface area contributed by atoms with Crippen LogP contribution in [0.5, 0.6) is 0 Å². The van der Waals surface area contributed by atoms with Gasteiger partial charge in [-0.2, -0.15) is 12.8 Å². The largest absolute Gasteiger partial charge is 4.00 e. The van der Waals surface area contributed by atoms with Gasteiger partial charge in [-0.3, -0.25) is 0 Å². The zero-order chi connectivity index (χ0) is 14.9. The average molecular weight is 461 g/mol. The fourth-order valence-corrected chi connectivity index (χ4v) is 3.39. The molecule has 4 rings (SSSR count). The summed E-state index contributed by atoms with van der Waals surface area (Å²) in [6.07, 6.45) is 28.1.